The van der Waals surface area contributed by atoms with Crippen molar-refractivity contribution in [1.29, 1.82) is 0 Å². The van der Waals surface area contributed by atoms with Crippen LogP contribution in [-0.4, -0.2) is 37.2 Å². The molecule has 0 bridgehead atoms. The molecule has 0 heterocycles. The fourth-order valence-corrected chi connectivity index (χ4v) is 7.60. The van der Waals surface area contributed by atoms with Crippen LogP contribution in [0.5, 0.6) is 0 Å². The van der Waals surface area contributed by atoms with Gasteiger partial charge in [-0.15, -0.1) is 0 Å². The Labute approximate surface area is 355 Å². The number of carbonyl (C=O) groups excluding carboxylic acids is 3. The Morgan fingerprint density at radius 3 is 1.00 bits per heavy atom. The van der Waals surface area contributed by atoms with E-state index in [9.17, 15) is 14.4 Å². The van der Waals surface area contributed by atoms with Crippen molar-refractivity contribution >= 4 is 17.9 Å². The highest BCUT2D eigenvalue weighted by molar-refractivity contribution is 5.71. The Bertz CT molecular complexity index is 872. The number of ether oxygens (including phenoxy) is 3. The van der Waals surface area contributed by atoms with Gasteiger partial charge < -0.3 is 14.2 Å². The van der Waals surface area contributed by atoms with Crippen molar-refractivity contribution in [3.8, 4) is 0 Å². The summed E-state index contributed by atoms with van der Waals surface area (Å²) in [7, 11) is 0. The topological polar surface area (TPSA) is 78.9 Å². The van der Waals surface area contributed by atoms with Gasteiger partial charge in [-0.25, -0.2) is 0 Å². The van der Waals surface area contributed by atoms with Gasteiger partial charge in [-0.1, -0.05) is 240 Å². The minimum Gasteiger partial charge on any atom is -0.462 e. The maximum atomic E-state index is 12.7. The fraction of sp³-hybridized carbons (Fsp3) is 0.941. The third kappa shape index (κ3) is 43.8. The normalized spacial score (nSPS) is 12.5. The Morgan fingerprint density at radius 2 is 0.667 bits per heavy atom. The lowest BCUT2D eigenvalue weighted by molar-refractivity contribution is -0.167. The first-order valence-corrected chi connectivity index (χ1v) is 25.3. The van der Waals surface area contributed by atoms with E-state index in [4.69, 9.17) is 14.2 Å². The van der Waals surface area contributed by atoms with Crippen LogP contribution in [0.4, 0.5) is 0 Å². The second-order valence-electron chi connectivity index (χ2n) is 18.2. The Balaban J connectivity index is 4.28. The van der Waals surface area contributed by atoms with Crippen molar-refractivity contribution in [2.75, 3.05) is 13.2 Å². The number of rotatable bonds is 45. The summed E-state index contributed by atoms with van der Waals surface area (Å²) in [5.74, 6) is 0.806. The Hall–Kier alpha value is -1.59. The van der Waals surface area contributed by atoms with Gasteiger partial charge in [0.2, 0.25) is 0 Å². The van der Waals surface area contributed by atoms with E-state index < -0.39 is 6.10 Å². The average molecular weight is 807 g/mol. The third-order valence-corrected chi connectivity index (χ3v) is 11.8. The zero-order valence-electron chi connectivity index (χ0n) is 39.0. The molecule has 1 unspecified atom stereocenters. The van der Waals surface area contributed by atoms with Crippen molar-refractivity contribution in [1.82, 2.24) is 0 Å². The molecular weight excluding hydrogens is 709 g/mol. The summed E-state index contributed by atoms with van der Waals surface area (Å²) in [5.41, 5.74) is 0. The first-order valence-electron chi connectivity index (χ1n) is 25.3. The molecular formula is C51H98O6. The maximum absolute atomic E-state index is 12.7. The average Bonchev–Trinajstić information content (AvgIpc) is 3.19. The molecule has 0 saturated heterocycles. The van der Waals surface area contributed by atoms with Gasteiger partial charge in [0.25, 0.3) is 0 Å². The second-order valence-corrected chi connectivity index (χ2v) is 18.2. The monoisotopic (exact) mass is 807 g/mol. The van der Waals surface area contributed by atoms with Crippen molar-refractivity contribution in [3.05, 3.63) is 0 Å². The molecule has 0 aromatic heterocycles. The molecule has 0 N–H and O–H groups in total. The molecule has 0 fully saturated rings. The Kier molecular flexibility index (Phi) is 42.7. The van der Waals surface area contributed by atoms with Crippen LogP contribution in [-0.2, 0) is 28.6 Å². The molecule has 2 atom stereocenters. The van der Waals surface area contributed by atoms with Crippen molar-refractivity contribution in [2.45, 2.75) is 285 Å². The van der Waals surface area contributed by atoms with Crippen molar-refractivity contribution in [2.24, 2.45) is 11.8 Å². The van der Waals surface area contributed by atoms with Gasteiger partial charge in [0.15, 0.2) is 6.10 Å². The first-order chi connectivity index (χ1) is 27.8. The summed E-state index contributed by atoms with van der Waals surface area (Å²) in [6.45, 7) is 11.3. The Morgan fingerprint density at radius 1 is 0.368 bits per heavy atom. The highest BCUT2D eigenvalue weighted by Crippen LogP contribution is 2.17. The summed E-state index contributed by atoms with van der Waals surface area (Å²) in [6, 6.07) is 0. The summed E-state index contributed by atoms with van der Waals surface area (Å²) in [5, 5.41) is 0. The minimum atomic E-state index is -0.761. The smallest absolute Gasteiger partial charge is 0.306 e. The van der Waals surface area contributed by atoms with Gasteiger partial charge in [-0.05, 0) is 31.1 Å². The van der Waals surface area contributed by atoms with Crippen LogP contribution in [0.15, 0.2) is 0 Å². The fourth-order valence-electron chi connectivity index (χ4n) is 7.60. The second kappa shape index (κ2) is 44.0. The van der Waals surface area contributed by atoms with Gasteiger partial charge >= 0.3 is 17.9 Å². The van der Waals surface area contributed by atoms with E-state index in [1.54, 1.807) is 0 Å². The lowest BCUT2D eigenvalue weighted by Crippen LogP contribution is -2.30. The van der Waals surface area contributed by atoms with Crippen LogP contribution in [0.3, 0.4) is 0 Å². The molecule has 0 rings (SSSR count). The summed E-state index contributed by atoms with van der Waals surface area (Å²) in [4.78, 5) is 37.8. The van der Waals surface area contributed by atoms with E-state index in [0.29, 0.717) is 19.3 Å². The first kappa shape index (κ1) is 55.4. The summed E-state index contributed by atoms with van der Waals surface area (Å²) >= 11 is 0. The van der Waals surface area contributed by atoms with Gasteiger partial charge in [-0.2, -0.15) is 0 Å². The predicted octanol–water partition coefficient (Wildman–Crippen LogP) is 16.1. The van der Waals surface area contributed by atoms with Crippen LogP contribution in [0, 0.1) is 11.8 Å². The van der Waals surface area contributed by atoms with E-state index in [1.165, 1.54) is 167 Å². The lowest BCUT2D eigenvalue weighted by atomic mass is 10.00. The quantitative estimate of drug-likeness (QED) is 0.0346. The van der Waals surface area contributed by atoms with Gasteiger partial charge in [0.05, 0.1) is 0 Å². The standard InChI is InChI=1S/C51H98O6/c1-6-8-9-10-11-12-13-19-23-26-33-38-43-51(54)57-48(45-56-50(53)42-37-32-28-27-30-35-40-47(5)7-2)44-55-49(52)41-36-31-25-22-20-17-15-14-16-18-21-24-29-34-39-46(3)4/h46-48H,6-45H2,1-5H3/t47?,48-/m0/s1. The molecule has 57 heavy (non-hydrogen) atoms. The number of esters is 3. The number of carbonyl (C=O) groups is 3. The van der Waals surface area contributed by atoms with E-state index in [1.807, 2.05) is 0 Å². The summed E-state index contributed by atoms with van der Waals surface area (Å²) < 4.78 is 16.8. The van der Waals surface area contributed by atoms with Crippen LogP contribution in [0.25, 0.3) is 0 Å². The summed E-state index contributed by atoms with van der Waals surface area (Å²) in [6.07, 6.45) is 43.7. The highest BCUT2D eigenvalue weighted by Gasteiger charge is 2.19. The van der Waals surface area contributed by atoms with E-state index in [-0.39, 0.29) is 31.1 Å². The zero-order valence-corrected chi connectivity index (χ0v) is 39.0. The molecule has 0 amide bonds. The minimum absolute atomic E-state index is 0.0644. The third-order valence-electron chi connectivity index (χ3n) is 11.8. The SMILES string of the molecule is CCCCCCCCCCCCCCC(=O)O[C@@H](COC(=O)CCCCCCCCCCCCCCCCC(C)C)COC(=O)CCCCCCCCC(C)CC. The van der Waals surface area contributed by atoms with Crippen molar-refractivity contribution < 1.29 is 28.6 Å². The molecule has 0 aromatic carbocycles. The molecule has 0 aliphatic heterocycles. The zero-order chi connectivity index (χ0) is 41.9. The van der Waals surface area contributed by atoms with E-state index in [2.05, 4.69) is 34.6 Å². The lowest BCUT2D eigenvalue weighted by Gasteiger charge is -2.18. The van der Waals surface area contributed by atoms with E-state index in [0.717, 1.165) is 69.6 Å². The molecule has 0 saturated carbocycles. The molecule has 0 radical (unpaired) electrons. The number of hydrogen-bond donors (Lipinski definition) is 0. The van der Waals surface area contributed by atoms with Gasteiger partial charge in [-0.3, -0.25) is 14.4 Å². The maximum Gasteiger partial charge on any atom is 0.306 e. The number of unbranched alkanes of at least 4 members (excludes halogenated alkanes) is 29. The predicted molar refractivity (Wildman–Crippen MR) is 243 cm³/mol. The number of hydrogen-bond acceptors (Lipinski definition) is 6. The highest BCUT2D eigenvalue weighted by atomic mass is 16.6. The van der Waals surface area contributed by atoms with E-state index >= 15 is 0 Å². The van der Waals surface area contributed by atoms with Crippen molar-refractivity contribution in [3.63, 3.8) is 0 Å². The molecule has 0 spiro atoms. The van der Waals surface area contributed by atoms with Crippen LogP contribution in [0.1, 0.15) is 279 Å². The molecule has 0 aliphatic rings. The van der Waals surface area contributed by atoms with Crippen LogP contribution >= 0.6 is 0 Å². The molecule has 6 heteroatoms. The molecule has 338 valence electrons. The van der Waals surface area contributed by atoms with Gasteiger partial charge in [0.1, 0.15) is 13.2 Å². The van der Waals surface area contributed by atoms with Crippen LogP contribution < -0.4 is 0 Å². The molecule has 6 nitrogen and oxygen atoms in total. The van der Waals surface area contributed by atoms with Crippen LogP contribution in [0.2, 0.25) is 0 Å². The molecule has 0 aromatic rings. The molecule has 0 aliphatic carbocycles. The van der Waals surface area contributed by atoms with Gasteiger partial charge in [0, 0.05) is 19.3 Å². The largest absolute Gasteiger partial charge is 0.462 e.